The summed E-state index contributed by atoms with van der Waals surface area (Å²) in [5.41, 5.74) is 5.72. The lowest BCUT2D eigenvalue weighted by Gasteiger charge is -2.07. The van der Waals surface area contributed by atoms with E-state index in [0.29, 0.717) is 25.1 Å². The second-order valence-electron chi connectivity index (χ2n) is 3.80. The lowest BCUT2D eigenvalue weighted by molar-refractivity contribution is 0.572. The molecule has 96 valence electrons. The highest BCUT2D eigenvalue weighted by molar-refractivity contribution is 7.89. The topological polar surface area (TPSA) is 72.2 Å². The Balaban J connectivity index is 2.72. The first kappa shape index (κ1) is 14.1. The molecule has 0 saturated heterocycles. The Morgan fingerprint density at radius 2 is 2.06 bits per heavy atom. The minimum atomic E-state index is -3.61. The van der Waals surface area contributed by atoms with Crippen LogP contribution in [0.25, 0.3) is 0 Å². The molecule has 0 saturated carbocycles. The summed E-state index contributed by atoms with van der Waals surface area (Å²) in [6.45, 7) is 2.43. The molecule has 1 aromatic rings. The van der Waals surface area contributed by atoms with Crippen LogP contribution in [0.3, 0.4) is 0 Å². The number of aryl methyl sites for hydroxylation is 1. The number of halogens is 1. The predicted octanol–water partition coefficient (Wildman–Crippen LogP) is 1.15. The van der Waals surface area contributed by atoms with Gasteiger partial charge in [0, 0.05) is 6.54 Å². The first-order valence-corrected chi connectivity index (χ1v) is 6.91. The highest BCUT2D eigenvalue weighted by atomic mass is 32.2. The van der Waals surface area contributed by atoms with E-state index < -0.39 is 15.8 Å². The van der Waals surface area contributed by atoms with Gasteiger partial charge in [0.15, 0.2) is 0 Å². The number of unbranched alkanes of at least 4 members (excludes halogenated alkanes) is 1. The van der Waals surface area contributed by atoms with Crippen molar-refractivity contribution in [1.29, 1.82) is 0 Å². The number of hydrogen-bond donors (Lipinski definition) is 2. The zero-order valence-electron chi connectivity index (χ0n) is 9.74. The van der Waals surface area contributed by atoms with E-state index in [1.165, 1.54) is 12.1 Å². The average Bonchev–Trinajstić information content (AvgIpc) is 2.28. The van der Waals surface area contributed by atoms with Gasteiger partial charge in [-0.1, -0.05) is 6.07 Å². The van der Waals surface area contributed by atoms with Gasteiger partial charge >= 0.3 is 0 Å². The van der Waals surface area contributed by atoms with E-state index in [4.69, 9.17) is 5.73 Å². The summed E-state index contributed by atoms with van der Waals surface area (Å²) in [5.74, 6) is -0.519. The SMILES string of the molecule is Cc1ccc(S(=O)(=O)NCCCCN)cc1F. The maximum atomic E-state index is 13.2. The van der Waals surface area contributed by atoms with Gasteiger partial charge in [-0.15, -0.1) is 0 Å². The van der Waals surface area contributed by atoms with Crippen molar-refractivity contribution in [2.24, 2.45) is 5.73 Å². The Kier molecular flexibility index (Phi) is 5.04. The first-order valence-electron chi connectivity index (χ1n) is 5.43. The van der Waals surface area contributed by atoms with Gasteiger partial charge < -0.3 is 5.73 Å². The van der Waals surface area contributed by atoms with E-state index >= 15 is 0 Å². The smallest absolute Gasteiger partial charge is 0.240 e. The minimum absolute atomic E-state index is 0.0478. The molecule has 0 spiro atoms. The standard InChI is InChI=1S/C11H17FN2O2S/c1-9-4-5-10(8-11(9)12)17(15,16)14-7-3-2-6-13/h4-5,8,14H,2-3,6-7,13H2,1H3. The van der Waals surface area contributed by atoms with E-state index in [1.54, 1.807) is 6.92 Å². The van der Waals surface area contributed by atoms with Crippen LogP contribution in [0.5, 0.6) is 0 Å². The number of rotatable bonds is 6. The fourth-order valence-corrected chi connectivity index (χ4v) is 2.39. The molecular formula is C11H17FN2O2S. The van der Waals surface area contributed by atoms with Gasteiger partial charge in [-0.3, -0.25) is 0 Å². The van der Waals surface area contributed by atoms with Gasteiger partial charge in [0.05, 0.1) is 4.90 Å². The lowest BCUT2D eigenvalue weighted by Crippen LogP contribution is -2.25. The van der Waals surface area contributed by atoms with Crippen LogP contribution in [0, 0.1) is 12.7 Å². The Hall–Kier alpha value is -0.980. The third-order valence-electron chi connectivity index (χ3n) is 2.38. The van der Waals surface area contributed by atoms with Gasteiger partial charge in [-0.05, 0) is 44.0 Å². The van der Waals surface area contributed by atoms with Crippen LogP contribution < -0.4 is 10.5 Å². The van der Waals surface area contributed by atoms with Crippen molar-refractivity contribution in [3.05, 3.63) is 29.6 Å². The van der Waals surface area contributed by atoms with Crippen molar-refractivity contribution in [2.75, 3.05) is 13.1 Å². The van der Waals surface area contributed by atoms with Crippen molar-refractivity contribution in [1.82, 2.24) is 4.72 Å². The highest BCUT2D eigenvalue weighted by Gasteiger charge is 2.14. The second kappa shape index (κ2) is 6.09. The third kappa shape index (κ3) is 4.07. The molecule has 0 atom stereocenters. The van der Waals surface area contributed by atoms with Gasteiger partial charge in [0.1, 0.15) is 5.82 Å². The van der Waals surface area contributed by atoms with E-state index in [0.717, 1.165) is 12.5 Å². The molecule has 0 radical (unpaired) electrons. The fraction of sp³-hybridized carbons (Fsp3) is 0.455. The average molecular weight is 260 g/mol. The maximum Gasteiger partial charge on any atom is 0.240 e. The van der Waals surface area contributed by atoms with E-state index in [-0.39, 0.29) is 4.90 Å². The molecule has 0 bridgehead atoms. The summed E-state index contributed by atoms with van der Waals surface area (Å²) in [4.78, 5) is -0.0478. The molecule has 0 aliphatic heterocycles. The van der Waals surface area contributed by atoms with E-state index in [1.807, 2.05) is 0 Å². The van der Waals surface area contributed by atoms with E-state index in [9.17, 15) is 12.8 Å². The largest absolute Gasteiger partial charge is 0.330 e. The summed E-state index contributed by atoms with van der Waals surface area (Å²) in [7, 11) is -3.61. The molecular weight excluding hydrogens is 243 g/mol. The molecule has 0 aromatic heterocycles. The van der Waals surface area contributed by atoms with Gasteiger partial charge in [0.2, 0.25) is 10.0 Å². The molecule has 6 heteroatoms. The van der Waals surface area contributed by atoms with Crippen molar-refractivity contribution in [2.45, 2.75) is 24.7 Å². The first-order chi connectivity index (χ1) is 7.97. The zero-order valence-corrected chi connectivity index (χ0v) is 10.6. The van der Waals surface area contributed by atoms with Crippen molar-refractivity contribution in [3.8, 4) is 0 Å². The quantitative estimate of drug-likeness (QED) is 0.754. The van der Waals surface area contributed by atoms with Crippen molar-refractivity contribution in [3.63, 3.8) is 0 Å². The van der Waals surface area contributed by atoms with Crippen LogP contribution in [0.1, 0.15) is 18.4 Å². The summed E-state index contributed by atoms with van der Waals surface area (Å²) >= 11 is 0. The summed E-state index contributed by atoms with van der Waals surface area (Å²) in [6.07, 6.45) is 1.43. The van der Waals surface area contributed by atoms with Gasteiger partial charge in [-0.25, -0.2) is 17.5 Å². The Bertz CT molecular complexity index is 474. The molecule has 0 amide bonds. The molecule has 17 heavy (non-hydrogen) atoms. The maximum absolute atomic E-state index is 13.2. The molecule has 0 aliphatic carbocycles. The van der Waals surface area contributed by atoms with Crippen LogP contribution in [-0.2, 0) is 10.0 Å². The molecule has 1 aromatic carbocycles. The summed E-state index contributed by atoms with van der Waals surface area (Å²) in [5, 5.41) is 0. The van der Waals surface area contributed by atoms with Crippen molar-refractivity contribution >= 4 is 10.0 Å². The van der Waals surface area contributed by atoms with Crippen LogP contribution in [-0.4, -0.2) is 21.5 Å². The summed E-state index contributed by atoms with van der Waals surface area (Å²) in [6, 6.07) is 3.87. The van der Waals surface area contributed by atoms with Crippen LogP contribution in [0.2, 0.25) is 0 Å². The van der Waals surface area contributed by atoms with Crippen LogP contribution in [0.15, 0.2) is 23.1 Å². The molecule has 0 unspecified atom stereocenters. The highest BCUT2D eigenvalue weighted by Crippen LogP contribution is 2.13. The lowest BCUT2D eigenvalue weighted by atomic mass is 10.2. The number of sulfonamides is 1. The molecule has 4 nitrogen and oxygen atoms in total. The summed E-state index contributed by atoms with van der Waals surface area (Å²) < 4.78 is 39.2. The molecule has 3 N–H and O–H groups in total. The van der Waals surface area contributed by atoms with Gasteiger partial charge in [-0.2, -0.15) is 0 Å². The molecule has 0 fully saturated rings. The number of benzene rings is 1. The molecule has 0 aliphatic rings. The van der Waals surface area contributed by atoms with Crippen LogP contribution >= 0.6 is 0 Å². The monoisotopic (exact) mass is 260 g/mol. The number of nitrogens with one attached hydrogen (secondary N) is 1. The third-order valence-corrected chi connectivity index (χ3v) is 3.84. The molecule has 0 heterocycles. The predicted molar refractivity (Wildman–Crippen MR) is 64.6 cm³/mol. The fourth-order valence-electron chi connectivity index (χ4n) is 1.30. The Morgan fingerprint density at radius 3 is 2.65 bits per heavy atom. The van der Waals surface area contributed by atoms with Crippen molar-refractivity contribution < 1.29 is 12.8 Å². The number of hydrogen-bond acceptors (Lipinski definition) is 3. The minimum Gasteiger partial charge on any atom is -0.330 e. The van der Waals surface area contributed by atoms with Gasteiger partial charge in [0.25, 0.3) is 0 Å². The zero-order chi connectivity index (χ0) is 12.9. The van der Waals surface area contributed by atoms with E-state index in [2.05, 4.69) is 4.72 Å². The Morgan fingerprint density at radius 1 is 1.35 bits per heavy atom. The normalized spacial score (nSPS) is 11.7. The number of nitrogens with two attached hydrogens (primary N) is 1. The Labute approximate surface area is 101 Å². The molecule has 1 rings (SSSR count). The second-order valence-corrected chi connectivity index (χ2v) is 5.57. The van der Waals surface area contributed by atoms with Crippen LogP contribution in [0.4, 0.5) is 4.39 Å².